The number of aryl methyl sites for hydroxylation is 1. The van der Waals surface area contributed by atoms with E-state index in [1.807, 2.05) is 12.1 Å². The second kappa shape index (κ2) is 11.5. The number of carboxylic acids is 1. The summed E-state index contributed by atoms with van der Waals surface area (Å²) in [5, 5.41) is 14.5. The van der Waals surface area contributed by atoms with E-state index in [2.05, 4.69) is 28.0 Å². The van der Waals surface area contributed by atoms with Gasteiger partial charge in [0.05, 0.1) is 22.7 Å². The van der Waals surface area contributed by atoms with Crippen LogP contribution < -0.4 is 10.3 Å². The van der Waals surface area contributed by atoms with E-state index in [9.17, 15) is 9.59 Å². The average molecular weight is 569 g/mol. The number of aromatic carboxylic acids is 1. The number of carbonyl (C=O) groups is 1. The fourth-order valence-corrected chi connectivity index (χ4v) is 4.13. The lowest BCUT2D eigenvalue weighted by atomic mass is 10.1. The van der Waals surface area contributed by atoms with Crippen LogP contribution in [0.15, 0.2) is 75.0 Å². The molecule has 184 valence electrons. The molecule has 0 spiro atoms. The highest BCUT2D eigenvalue weighted by molar-refractivity contribution is 9.10. The summed E-state index contributed by atoms with van der Waals surface area (Å²) in [5.74, 6) is 0.115. The standard InChI is InChI=1S/C27H23BrClN3O4/c1-2-3-4-25-31-23-11-9-20(28)14-22(23)26(33)32(25)30-15-19-13-21(29)10-12-24(19)36-16-17-5-7-18(8-6-17)27(34)35/h5-15H,2-4,16H2,1H3,(H,34,35). The number of carboxylic acid groups (broad SMARTS) is 1. The smallest absolute Gasteiger partial charge is 0.335 e. The minimum Gasteiger partial charge on any atom is -0.488 e. The molecular formula is C27H23BrClN3O4. The maximum atomic E-state index is 13.3. The van der Waals surface area contributed by atoms with Crippen LogP contribution in [0.1, 0.15) is 47.1 Å². The highest BCUT2D eigenvalue weighted by Crippen LogP contribution is 2.23. The van der Waals surface area contributed by atoms with Gasteiger partial charge in [0.1, 0.15) is 18.2 Å². The van der Waals surface area contributed by atoms with Crippen molar-refractivity contribution in [2.45, 2.75) is 32.8 Å². The van der Waals surface area contributed by atoms with Gasteiger partial charge in [-0.3, -0.25) is 4.79 Å². The molecule has 0 aliphatic rings. The first-order valence-electron chi connectivity index (χ1n) is 11.4. The summed E-state index contributed by atoms with van der Waals surface area (Å²) < 4.78 is 8.09. The lowest BCUT2D eigenvalue weighted by molar-refractivity contribution is 0.0697. The lowest BCUT2D eigenvalue weighted by Crippen LogP contribution is -2.22. The molecule has 0 amide bonds. The van der Waals surface area contributed by atoms with E-state index in [-0.39, 0.29) is 17.7 Å². The molecule has 0 saturated carbocycles. The van der Waals surface area contributed by atoms with Crippen LogP contribution in [0.2, 0.25) is 5.02 Å². The third kappa shape index (κ3) is 6.01. The number of fused-ring (bicyclic) bond motifs is 1. The number of hydrogen-bond donors (Lipinski definition) is 1. The van der Waals surface area contributed by atoms with Crippen molar-refractivity contribution in [1.82, 2.24) is 9.66 Å². The van der Waals surface area contributed by atoms with Gasteiger partial charge in [0.25, 0.3) is 5.56 Å². The Hall–Kier alpha value is -3.49. The van der Waals surface area contributed by atoms with Crippen LogP contribution in [0.25, 0.3) is 10.9 Å². The Morgan fingerprint density at radius 2 is 1.94 bits per heavy atom. The topological polar surface area (TPSA) is 93.8 Å². The Morgan fingerprint density at radius 3 is 2.67 bits per heavy atom. The molecule has 0 aliphatic heterocycles. The predicted molar refractivity (Wildman–Crippen MR) is 144 cm³/mol. The van der Waals surface area contributed by atoms with Gasteiger partial charge in [0.15, 0.2) is 0 Å². The van der Waals surface area contributed by atoms with Gasteiger partial charge in [0.2, 0.25) is 0 Å². The van der Waals surface area contributed by atoms with E-state index in [0.29, 0.717) is 39.5 Å². The zero-order valence-corrected chi connectivity index (χ0v) is 21.8. The molecular weight excluding hydrogens is 546 g/mol. The van der Waals surface area contributed by atoms with Gasteiger partial charge in [-0.15, -0.1) is 0 Å². The first-order valence-corrected chi connectivity index (χ1v) is 12.5. The lowest BCUT2D eigenvalue weighted by Gasteiger charge is -2.11. The van der Waals surface area contributed by atoms with Gasteiger partial charge in [-0.1, -0.05) is 53.0 Å². The third-order valence-electron chi connectivity index (χ3n) is 5.51. The van der Waals surface area contributed by atoms with E-state index in [1.54, 1.807) is 36.4 Å². The summed E-state index contributed by atoms with van der Waals surface area (Å²) in [7, 11) is 0. The van der Waals surface area contributed by atoms with Crippen molar-refractivity contribution in [1.29, 1.82) is 0 Å². The van der Waals surface area contributed by atoms with Crippen molar-refractivity contribution in [3.63, 3.8) is 0 Å². The Kier molecular flexibility index (Phi) is 8.18. The monoisotopic (exact) mass is 567 g/mol. The number of benzene rings is 3. The minimum atomic E-state index is -0.984. The van der Waals surface area contributed by atoms with Gasteiger partial charge in [-0.05, 0) is 60.5 Å². The summed E-state index contributed by atoms with van der Waals surface area (Å²) in [4.78, 5) is 29.1. The quantitative estimate of drug-likeness (QED) is 0.239. The Bertz CT molecular complexity index is 1500. The van der Waals surface area contributed by atoms with E-state index in [0.717, 1.165) is 22.9 Å². The van der Waals surface area contributed by atoms with Gasteiger partial charge < -0.3 is 9.84 Å². The molecule has 7 nitrogen and oxygen atoms in total. The van der Waals surface area contributed by atoms with Crippen LogP contribution in [-0.2, 0) is 13.0 Å². The maximum Gasteiger partial charge on any atom is 0.335 e. The number of hydrogen-bond acceptors (Lipinski definition) is 5. The number of aromatic nitrogens is 2. The van der Waals surface area contributed by atoms with E-state index < -0.39 is 5.97 Å². The second-order valence-corrected chi connectivity index (χ2v) is 9.48. The van der Waals surface area contributed by atoms with Crippen LogP contribution in [0, 0.1) is 0 Å². The highest BCUT2D eigenvalue weighted by atomic mass is 79.9. The molecule has 1 heterocycles. The van der Waals surface area contributed by atoms with Crippen molar-refractivity contribution in [3.05, 3.63) is 103 Å². The normalized spacial score (nSPS) is 11.3. The summed E-state index contributed by atoms with van der Waals surface area (Å²) >= 11 is 9.65. The first-order chi connectivity index (χ1) is 17.4. The molecule has 0 bridgehead atoms. The second-order valence-electron chi connectivity index (χ2n) is 8.13. The molecule has 4 rings (SSSR count). The molecule has 9 heteroatoms. The zero-order valence-electron chi connectivity index (χ0n) is 19.4. The van der Waals surface area contributed by atoms with Crippen LogP contribution >= 0.6 is 27.5 Å². The molecule has 0 radical (unpaired) electrons. The largest absolute Gasteiger partial charge is 0.488 e. The summed E-state index contributed by atoms with van der Waals surface area (Å²) in [6.45, 7) is 2.30. The summed E-state index contributed by atoms with van der Waals surface area (Å²) in [5.41, 5.74) is 1.97. The average Bonchev–Trinajstić information content (AvgIpc) is 2.87. The van der Waals surface area contributed by atoms with Crippen LogP contribution in [-0.4, -0.2) is 27.0 Å². The molecule has 1 N–H and O–H groups in total. The number of halogens is 2. The molecule has 0 fully saturated rings. The molecule has 4 aromatic rings. The predicted octanol–water partition coefficient (Wildman–Crippen LogP) is 6.31. The van der Waals surface area contributed by atoms with Gasteiger partial charge in [-0.25, -0.2) is 9.78 Å². The fraction of sp³-hybridized carbons (Fsp3) is 0.185. The molecule has 0 unspecified atom stereocenters. The van der Waals surface area contributed by atoms with E-state index >= 15 is 0 Å². The number of unbranched alkanes of at least 4 members (excludes halogenated alkanes) is 1. The molecule has 0 saturated heterocycles. The molecule has 0 atom stereocenters. The SMILES string of the molecule is CCCCc1nc2ccc(Br)cc2c(=O)n1N=Cc1cc(Cl)ccc1OCc1ccc(C(=O)O)cc1. The third-order valence-corrected chi connectivity index (χ3v) is 6.24. The van der Waals surface area contributed by atoms with Crippen molar-refractivity contribution in [3.8, 4) is 5.75 Å². The molecule has 1 aromatic heterocycles. The van der Waals surface area contributed by atoms with Gasteiger partial charge >= 0.3 is 5.97 Å². The first kappa shape index (κ1) is 25.6. The van der Waals surface area contributed by atoms with Crippen LogP contribution in [0.4, 0.5) is 0 Å². The minimum absolute atomic E-state index is 0.207. The Morgan fingerprint density at radius 1 is 1.17 bits per heavy atom. The van der Waals surface area contributed by atoms with Crippen molar-refractivity contribution >= 4 is 50.6 Å². The van der Waals surface area contributed by atoms with Crippen molar-refractivity contribution < 1.29 is 14.6 Å². The van der Waals surface area contributed by atoms with Gasteiger partial charge in [-0.2, -0.15) is 9.78 Å². The highest BCUT2D eigenvalue weighted by Gasteiger charge is 2.12. The molecule has 0 aliphatic carbocycles. The van der Waals surface area contributed by atoms with Crippen molar-refractivity contribution in [2.75, 3.05) is 0 Å². The van der Waals surface area contributed by atoms with Gasteiger partial charge in [0, 0.05) is 21.5 Å². The summed E-state index contributed by atoms with van der Waals surface area (Å²) in [6.07, 6.45) is 3.98. The maximum absolute atomic E-state index is 13.3. The van der Waals surface area contributed by atoms with Crippen molar-refractivity contribution in [2.24, 2.45) is 5.10 Å². The van der Waals surface area contributed by atoms with E-state index in [1.165, 1.54) is 23.0 Å². The summed E-state index contributed by atoms with van der Waals surface area (Å²) in [6, 6.07) is 17.0. The van der Waals surface area contributed by atoms with Crippen LogP contribution in [0.5, 0.6) is 5.75 Å². The Balaban J connectivity index is 1.67. The van der Waals surface area contributed by atoms with E-state index in [4.69, 9.17) is 26.4 Å². The number of nitrogens with zero attached hydrogens (tertiary/aromatic N) is 3. The number of ether oxygens (including phenoxy) is 1. The molecule has 36 heavy (non-hydrogen) atoms. The fourth-order valence-electron chi connectivity index (χ4n) is 3.59. The zero-order chi connectivity index (χ0) is 25.7. The molecule has 3 aromatic carbocycles. The number of rotatable bonds is 9. The Labute approximate surface area is 221 Å². The van der Waals surface area contributed by atoms with Crippen LogP contribution in [0.3, 0.4) is 0 Å².